The van der Waals surface area contributed by atoms with E-state index in [-0.39, 0.29) is 37.5 Å². The van der Waals surface area contributed by atoms with Crippen LogP contribution in [0.3, 0.4) is 0 Å². The fraction of sp³-hybridized carbons (Fsp3) is 0.381. The molecule has 0 bridgehead atoms. The highest BCUT2D eigenvalue weighted by Crippen LogP contribution is 2.36. The Hall–Kier alpha value is -3.18. The number of hydrogen-bond acceptors (Lipinski definition) is 5. The molecule has 1 amide bonds. The molecule has 2 aromatic rings. The van der Waals surface area contributed by atoms with E-state index in [0.29, 0.717) is 18.2 Å². The van der Waals surface area contributed by atoms with Gasteiger partial charge < -0.3 is 4.90 Å². The zero-order valence-corrected chi connectivity index (χ0v) is 18.9. The third-order valence-electron chi connectivity index (χ3n) is 5.41. The van der Waals surface area contributed by atoms with Crippen molar-refractivity contribution in [2.75, 3.05) is 31.9 Å². The van der Waals surface area contributed by atoms with Gasteiger partial charge in [0.05, 0.1) is 28.1 Å². The van der Waals surface area contributed by atoms with Crippen molar-refractivity contribution < 1.29 is 39.6 Å². The second kappa shape index (κ2) is 9.46. The van der Waals surface area contributed by atoms with Gasteiger partial charge in [-0.2, -0.15) is 35.9 Å². The third-order valence-corrected chi connectivity index (χ3v) is 7.29. The van der Waals surface area contributed by atoms with Crippen molar-refractivity contribution in [1.82, 2.24) is 14.2 Å². The van der Waals surface area contributed by atoms with E-state index in [0.717, 1.165) is 21.3 Å². The number of rotatable bonds is 4. The minimum atomic E-state index is -5.12. The lowest BCUT2D eigenvalue weighted by molar-refractivity contribution is -0.141. The normalized spacial score (nSPS) is 15.7. The second-order valence-electron chi connectivity index (χ2n) is 7.56. The molecule has 2 heterocycles. The van der Waals surface area contributed by atoms with Gasteiger partial charge in [0.2, 0.25) is 10.0 Å². The lowest BCUT2D eigenvalue weighted by Gasteiger charge is -2.34. The van der Waals surface area contributed by atoms with Crippen LogP contribution in [0, 0.1) is 11.3 Å². The van der Waals surface area contributed by atoms with Crippen LogP contribution in [0.1, 0.15) is 34.1 Å². The van der Waals surface area contributed by atoms with Gasteiger partial charge in [0.25, 0.3) is 5.91 Å². The molecule has 0 spiro atoms. The van der Waals surface area contributed by atoms with Gasteiger partial charge in [0.15, 0.2) is 5.69 Å². The SMILES string of the molecule is CCS(=O)(=O)N1CCN(C(=O)c2cc(C#N)c(-c3ccc(C(F)(F)F)cc3)nc2C(F)(F)F)CC1. The first-order valence-electron chi connectivity index (χ1n) is 10.2. The fourth-order valence-electron chi connectivity index (χ4n) is 3.54. The van der Waals surface area contributed by atoms with Crippen molar-refractivity contribution in [3.8, 4) is 17.3 Å². The van der Waals surface area contributed by atoms with Crippen LogP contribution in [0.15, 0.2) is 30.3 Å². The summed E-state index contributed by atoms with van der Waals surface area (Å²) in [6, 6.07) is 5.42. The van der Waals surface area contributed by atoms with Crippen molar-refractivity contribution in [3.63, 3.8) is 0 Å². The second-order valence-corrected chi connectivity index (χ2v) is 9.81. The molecule has 14 heteroatoms. The summed E-state index contributed by atoms with van der Waals surface area (Å²) in [6.07, 6.45) is -9.79. The van der Waals surface area contributed by atoms with Crippen LogP contribution in [-0.4, -0.2) is 60.4 Å². The number of halogens is 6. The third kappa shape index (κ3) is 5.57. The Bertz CT molecular complexity index is 1260. The summed E-state index contributed by atoms with van der Waals surface area (Å²) in [5, 5.41) is 9.48. The molecule has 35 heavy (non-hydrogen) atoms. The molecule has 1 aliphatic rings. The maximum atomic E-state index is 13.8. The Morgan fingerprint density at radius 2 is 1.60 bits per heavy atom. The lowest BCUT2D eigenvalue weighted by Crippen LogP contribution is -2.51. The molecule has 0 unspecified atom stereocenters. The minimum absolute atomic E-state index is 0.106. The summed E-state index contributed by atoms with van der Waals surface area (Å²) < 4.78 is 105. The number of nitriles is 1. The van der Waals surface area contributed by atoms with Crippen molar-refractivity contribution >= 4 is 15.9 Å². The number of sulfonamides is 1. The van der Waals surface area contributed by atoms with Crippen molar-refractivity contribution in [2.45, 2.75) is 19.3 Å². The number of carbonyl (C=O) groups excluding carboxylic acids is 1. The molecule has 7 nitrogen and oxygen atoms in total. The highest BCUT2D eigenvalue weighted by molar-refractivity contribution is 7.89. The van der Waals surface area contributed by atoms with E-state index in [9.17, 15) is 44.8 Å². The average molecular weight is 520 g/mol. The quantitative estimate of drug-likeness (QED) is 0.573. The first kappa shape index (κ1) is 26.4. The first-order chi connectivity index (χ1) is 16.2. The summed E-state index contributed by atoms with van der Waals surface area (Å²) in [5.41, 5.74) is -4.67. The molecule has 0 N–H and O–H groups in total. The van der Waals surface area contributed by atoms with Crippen molar-refractivity contribution in [3.05, 3.63) is 52.7 Å². The van der Waals surface area contributed by atoms with E-state index < -0.39 is 56.4 Å². The van der Waals surface area contributed by atoms with Crippen LogP contribution in [-0.2, 0) is 22.4 Å². The number of pyridine rings is 1. The Morgan fingerprint density at radius 1 is 1.03 bits per heavy atom. The van der Waals surface area contributed by atoms with Gasteiger partial charge in [-0.15, -0.1) is 0 Å². The van der Waals surface area contributed by atoms with E-state index in [1.807, 2.05) is 0 Å². The molecule has 3 rings (SSSR count). The summed E-state index contributed by atoms with van der Waals surface area (Å²) in [4.78, 5) is 17.5. The highest BCUT2D eigenvalue weighted by atomic mass is 32.2. The monoisotopic (exact) mass is 520 g/mol. The number of piperazine rings is 1. The predicted octanol–water partition coefficient (Wildman–Crippen LogP) is 3.77. The summed E-state index contributed by atoms with van der Waals surface area (Å²) in [5.74, 6) is -1.26. The zero-order valence-electron chi connectivity index (χ0n) is 18.1. The van der Waals surface area contributed by atoms with Crippen LogP contribution in [0.4, 0.5) is 26.3 Å². The highest BCUT2D eigenvalue weighted by Gasteiger charge is 2.40. The standard InChI is InChI=1S/C21H18F6N4O3S/c1-2-35(33,34)31-9-7-30(8-10-31)19(32)16-11-14(12-28)17(29-18(16)21(25,26)27)13-3-5-15(6-4-13)20(22,23)24/h3-6,11H,2,7-10H2,1H3. The van der Waals surface area contributed by atoms with Crippen LogP contribution >= 0.6 is 0 Å². The van der Waals surface area contributed by atoms with E-state index in [1.54, 1.807) is 6.07 Å². The Labute approximate surface area is 196 Å². The van der Waals surface area contributed by atoms with Crippen molar-refractivity contribution in [2.24, 2.45) is 0 Å². The molecule has 0 saturated carbocycles. The van der Waals surface area contributed by atoms with Crippen LogP contribution < -0.4 is 0 Å². The average Bonchev–Trinajstić information content (AvgIpc) is 2.81. The van der Waals surface area contributed by atoms with Gasteiger partial charge in [-0.05, 0) is 25.1 Å². The van der Waals surface area contributed by atoms with E-state index in [4.69, 9.17) is 0 Å². The minimum Gasteiger partial charge on any atom is -0.336 e. The predicted molar refractivity (Wildman–Crippen MR) is 111 cm³/mol. The number of aromatic nitrogens is 1. The molecule has 1 aromatic carbocycles. The molecule has 188 valence electrons. The van der Waals surface area contributed by atoms with Crippen LogP contribution in [0.25, 0.3) is 11.3 Å². The van der Waals surface area contributed by atoms with Gasteiger partial charge in [0.1, 0.15) is 6.07 Å². The number of nitrogens with zero attached hydrogens (tertiary/aromatic N) is 4. The van der Waals surface area contributed by atoms with Gasteiger partial charge >= 0.3 is 12.4 Å². The van der Waals surface area contributed by atoms with E-state index in [2.05, 4.69) is 4.98 Å². The van der Waals surface area contributed by atoms with Gasteiger partial charge in [0, 0.05) is 31.7 Å². The maximum Gasteiger partial charge on any atom is 0.434 e. The van der Waals surface area contributed by atoms with Gasteiger partial charge in [-0.25, -0.2) is 13.4 Å². The lowest BCUT2D eigenvalue weighted by atomic mass is 10.0. The van der Waals surface area contributed by atoms with Gasteiger partial charge in [-0.1, -0.05) is 12.1 Å². The first-order valence-corrected chi connectivity index (χ1v) is 11.8. The van der Waals surface area contributed by atoms with Crippen LogP contribution in [0.2, 0.25) is 0 Å². The fourth-order valence-corrected chi connectivity index (χ4v) is 4.62. The Kier molecular flexibility index (Phi) is 7.14. The largest absolute Gasteiger partial charge is 0.434 e. The molecule has 1 aliphatic heterocycles. The summed E-state index contributed by atoms with van der Waals surface area (Å²) >= 11 is 0. The van der Waals surface area contributed by atoms with E-state index in [1.165, 1.54) is 6.92 Å². The van der Waals surface area contributed by atoms with E-state index >= 15 is 0 Å². The molecule has 0 radical (unpaired) electrons. The maximum absolute atomic E-state index is 13.8. The van der Waals surface area contributed by atoms with Crippen molar-refractivity contribution in [1.29, 1.82) is 5.26 Å². The zero-order chi connectivity index (χ0) is 26.2. The Morgan fingerprint density at radius 3 is 2.06 bits per heavy atom. The summed E-state index contributed by atoms with van der Waals surface area (Å²) in [6.45, 7) is 0.891. The number of carbonyl (C=O) groups is 1. The molecule has 1 aromatic heterocycles. The number of benzene rings is 1. The molecular formula is C21H18F6N4O3S. The van der Waals surface area contributed by atoms with Crippen LogP contribution in [0.5, 0.6) is 0 Å². The molecule has 1 fully saturated rings. The number of hydrogen-bond donors (Lipinski definition) is 0. The molecule has 0 atom stereocenters. The molecular weight excluding hydrogens is 502 g/mol. The number of amides is 1. The smallest absolute Gasteiger partial charge is 0.336 e. The van der Waals surface area contributed by atoms with Gasteiger partial charge in [-0.3, -0.25) is 4.79 Å². The molecule has 0 aliphatic carbocycles. The number of alkyl halides is 6. The Balaban J connectivity index is 2.01. The topological polar surface area (TPSA) is 94.4 Å². The molecule has 1 saturated heterocycles. The summed E-state index contributed by atoms with van der Waals surface area (Å²) in [7, 11) is -3.54.